The molecule has 4 heteroatoms. The Balaban J connectivity index is 1.85. The Bertz CT molecular complexity index is 162. The van der Waals surface area contributed by atoms with Crippen molar-refractivity contribution in [1.29, 1.82) is 0 Å². The third kappa shape index (κ3) is 6.84. The van der Waals surface area contributed by atoms with Gasteiger partial charge in [-0.05, 0) is 31.2 Å². The quantitative estimate of drug-likeness (QED) is 0.508. The maximum atomic E-state index is 9.52. The highest BCUT2D eigenvalue weighted by Gasteiger charge is 2.21. The monoisotopic (exact) mass is 217 g/mol. The van der Waals surface area contributed by atoms with Gasteiger partial charge in [-0.1, -0.05) is 6.92 Å². The first-order valence-corrected chi connectivity index (χ1v) is 5.79. The van der Waals surface area contributed by atoms with Crippen molar-refractivity contribution in [3.05, 3.63) is 0 Å². The van der Waals surface area contributed by atoms with Crippen LogP contribution < -0.4 is 5.32 Å². The van der Waals surface area contributed by atoms with Crippen molar-refractivity contribution in [2.45, 2.75) is 25.9 Å². The highest BCUT2D eigenvalue weighted by molar-refractivity contribution is 4.72. The van der Waals surface area contributed by atoms with E-state index < -0.39 is 6.10 Å². The van der Waals surface area contributed by atoms with E-state index in [1.54, 1.807) is 0 Å². The van der Waals surface area contributed by atoms with Crippen LogP contribution in [-0.2, 0) is 4.74 Å². The van der Waals surface area contributed by atoms with Crippen LogP contribution >= 0.6 is 0 Å². The number of hydrogen-bond acceptors (Lipinski definition) is 4. The zero-order chi connectivity index (χ0) is 11.1. The summed E-state index contributed by atoms with van der Waals surface area (Å²) < 4.78 is 5.36. The van der Waals surface area contributed by atoms with Crippen molar-refractivity contribution in [3.8, 4) is 0 Å². The van der Waals surface area contributed by atoms with Crippen LogP contribution in [0.4, 0.5) is 0 Å². The third-order valence-corrected chi connectivity index (χ3v) is 2.55. The molecule has 0 heterocycles. The number of aliphatic hydroxyl groups excluding tert-OH is 2. The lowest BCUT2D eigenvalue weighted by Gasteiger charge is -2.14. The van der Waals surface area contributed by atoms with Gasteiger partial charge in [0.15, 0.2) is 0 Å². The van der Waals surface area contributed by atoms with E-state index in [1.165, 1.54) is 12.8 Å². The second-order valence-electron chi connectivity index (χ2n) is 4.58. The van der Waals surface area contributed by atoms with Gasteiger partial charge in [0, 0.05) is 19.8 Å². The first kappa shape index (κ1) is 12.9. The summed E-state index contributed by atoms with van der Waals surface area (Å²) in [5.41, 5.74) is 0. The molecule has 0 aliphatic heterocycles. The Morgan fingerprint density at radius 3 is 2.73 bits per heavy atom. The first-order valence-electron chi connectivity index (χ1n) is 5.79. The minimum absolute atomic E-state index is 0.182. The molecule has 0 aromatic heterocycles. The molecular formula is C11H23NO3. The molecule has 2 atom stereocenters. The second-order valence-corrected chi connectivity index (χ2v) is 4.58. The molecule has 0 spiro atoms. The minimum atomic E-state index is -0.436. The zero-order valence-electron chi connectivity index (χ0n) is 9.48. The van der Waals surface area contributed by atoms with Gasteiger partial charge in [0.1, 0.15) is 0 Å². The Hall–Kier alpha value is -0.160. The Labute approximate surface area is 91.6 Å². The van der Waals surface area contributed by atoms with Crippen molar-refractivity contribution >= 4 is 0 Å². The molecule has 0 bridgehead atoms. The van der Waals surface area contributed by atoms with E-state index in [-0.39, 0.29) is 12.5 Å². The number of nitrogens with one attached hydrogen (secondary N) is 1. The summed E-state index contributed by atoms with van der Waals surface area (Å²) in [6.07, 6.45) is 2.12. The van der Waals surface area contributed by atoms with Crippen molar-refractivity contribution in [1.82, 2.24) is 5.32 Å². The van der Waals surface area contributed by atoms with Crippen molar-refractivity contribution in [2.75, 3.05) is 32.9 Å². The van der Waals surface area contributed by atoms with Crippen molar-refractivity contribution < 1.29 is 14.9 Å². The Kier molecular flexibility index (Phi) is 6.17. The lowest BCUT2D eigenvalue weighted by molar-refractivity contribution is 0.0320. The van der Waals surface area contributed by atoms with Gasteiger partial charge in [-0.3, -0.25) is 0 Å². The number of hydrogen-bond donors (Lipinski definition) is 3. The molecule has 4 nitrogen and oxygen atoms in total. The molecule has 1 aliphatic rings. The molecule has 1 aliphatic carbocycles. The van der Waals surface area contributed by atoms with Crippen LogP contribution in [0.1, 0.15) is 19.8 Å². The van der Waals surface area contributed by atoms with E-state index in [0.29, 0.717) is 13.2 Å². The number of ether oxygens (including phenoxy) is 1. The zero-order valence-corrected chi connectivity index (χ0v) is 9.48. The maximum Gasteiger partial charge on any atom is 0.0897 e. The van der Waals surface area contributed by atoms with Crippen LogP contribution in [0.25, 0.3) is 0 Å². The average molecular weight is 217 g/mol. The van der Waals surface area contributed by atoms with Gasteiger partial charge < -0.3 is 20.3 Å². The van der Waals surface area contributed by atoms with Gasteiger partial charge >= 0.3 is 0 Å². The normalized spacial score (nSPS) is 20.2. The SMILES string of the molecule is CC(CO)CNCC(O)COCC1CC1. The predicted octanol–water partition coefficient (Wildman–Crippen LogP) is -0.00810. The highest BCUT2D eigenvalue weighted by Crippen LogP contribution is 2.28. The maximum absolute atomic E-state index is 9.52. The van der Waals surface area contributed by atoms with Crippen LogP contribution in [0, 0.1) is 11.8 Å². The molecule has 0 amide bonds. The van der Waals surface area contributed by atoms with Gasteiger partial charge in [-0.15, -0.1) is 0 Å². The highest BCUT2D eigenvalue weighted by atomic mass is 16.5. The molecule has 1 saturated carbocycles. The van der Waals surface area contributed by atoms with E-state index in [0.717, 1.165) is 19.1 Å². The molecule has 1 fully saturated rings. The molecule has 1 rings (SSSR count). The molecule has 2 unspecified atom stereocenters. The third-order valence-electron chi connectivity index (χ3n) is 2.55. The molecule has 3 N–H and O–H groups in total. The van der Waals surface area contributed by atoms with E-state index in [9.17, 15) is 5.11 Å². The summed E-state index contributed by atoms with van der Waals surface area (Å²) in [5, 5.41) is 21.4. The first-order chi connectivity index (χ1) is 7.22. The molecule has 0 saturated heterocycles. The van der Waals surface area contributed by atoms with Gasteiger partial charge in [0.25, 0.3) is 0 Å². The number of aliphatic hydroxyl groups is 2. The molecule has 0 aromatic carbocycles. The topological polar surface area (TPSA) is 61.7 Å². The summed E-state index contributed by atoms with van der Waals surface area (Å²) in [6.45, 7) is 4.62. The van der Waals surface area contributed by atoms with E-state index in [1.807, 2.05) is 6.92 Å². The van der Waals surface area contributed by atoms with Crippen molar-refractivity contribution in [2.24, 2.45) is 11.8 Å². The fourth-order valence-corrected chi connectivity index (χ4v) is 1.28. The van der Waals surface area contributed by atoms with E-state index in [2.05, 4.69) is 5.32 Å². The van der Waals surface area contributed by atoms with Gasteiger partial charge in [0.2, 0.25) is 0 Å². The smallest absolute Gasteiger partial charge is 0.0897 e. The average Bonchev–Trinajstić information content (AvgIpc) is 3.01. The summed E-state index contributed by atoms with van der Waals surface area (Å²) in [5.74, 6) is 0.990. The fraction of sp³-hybridized carbons (Fsp3) is 1.00. The van der Waals surface area contributed by atoms with Crippen LogP contribution in [0.2, 0.25) is 0 Å². The van der Waals surface area contributed by atoms with Gasteiger partial charge in [0.05, 0.1) is 12.7 Å². The molecule has 90 valence electrons. The molecule has 15 heavy (non-hydrogen) atoms. The molecule has 0 radical (unpaired) electrons. The van der Waals surface area contributed by atoms with Crippen LogP contribution in [0.3, 0.4) is 0 Å². The van der Waals surface area contributed by atoms with Crippen LogP contribution in [0.15, 0.2) is 0 Å². The van der Waals surface area contributed by atoms with Crippen LogP contribution in [0.5, 0.6) is 0 Å². The summed E-state index contributed by atoms with van der Waals surface area (Å²) in [7, 11) is 0. The number of rotatable bonds is 9. The van der Waals surface area contributed by atoms with Gasteiger partial charge in [-0.2, -0.15) is 0 Å². The fourth-order valence-electron chi connectivity index (χ4n) is 1.28. The summed E-state index contributed by atoms with van der Waals surface area (Å²) in [6, 6.07) is 0. The molecular weight excluding hydrogens is 194 g/mol. The van der Waals surface area contributed by atoms with E-state index in [4.69, 9.17) is 9.84 Å². The Morgan fingerprint density at radius 2 is 2.13 bits per heavy atom. The summed E-state index contributed by atoms with van der Waals surface area (Å²) in [4.78, 5) is 0. The lowest BCUT2D eigenvalue weighted by atomic mass is 10.2. The Morgan fingerprint density at radius 1 is 1.40 bits per heavy atom. The lowest BCUT2D eigenvalue weighted by Crippen LogP contribution is -2.33. The van der Waals surface area contributed by atoms with E-state index >= 15 is 0 Å². The van der Waals surface area contributed by atoms with Crippen LogP contribution in [-0.4, -0.2) is 49.2 Å². The van der Waals surface area contributed by atoms with Gasteiger partial charge in [-0.25, -0.2) is 0 Å². The second kappa shape index (κ2) is 7.17. The predicted molar refractivity (Wildman–Crippen MR) is 58.7 cm³/mol. The standard InChI is InChI=1S/C11H23NO3/c1-9(6-13)4-12-5-11(14)8-15-7-10-2-3-10/h9-14H,2-8H2,1H3. The summed E-state index contributed by atoms with van der Waals surface area (Å²) >= 11 is 0. The minimum Gasteiger partial charge on any atom is -0.396 e. The van der Waals surface area contributed by atoms with Crippen molar-refractivity contribution in [3.63, 3.8) is 0 Å². The molecule has 0 aromatic rings. The largest absolute Gasteiger partial charge is 0.396 e.